The predicted octanol–water partition coefficient (Wildman–Crippen LogP) is 6.17. The summed E-state index contributed by atoms with van der Waals surface area (Å²) in [6.07, 6.45) is 0.711. The van der Waals surface area contributed by atoms with E-state index in [1.807, 2.05) is 48.5 Å². The minimum Gasteiger partial charge on any atom is -0.437 e. The minimum atomic E-state index is -3.93. The molecule has 2 N–H and O–H groups in total. The van der Waals surface area contributed by atoms with Crippen molar-refractivity contribution < 1.29 is 17.9 Å². The molecule has 7 nitrogen and oxygen atoms in total. The average molecular weight is 544 g/mol. The Hall–Kier alpha value is -4.24. The first kappa shape index (κ1) is 25.4. The highest BCUT2D eigenvalue weighted by Gasteiger charge is 2.22. The fourth-order valence-corrected chi connectivity index (χ4v) is 5.17. The molecular weight excluding hydrogens is 522 g/mol. The van der Waals surface area contributed by atoms with Gasteiger partial charge in [-0.1, -0.05) is 90.5 Å². The Kier molecular flexibility index (Phi) is 7.11. The second-order valence-corrected chi connectivity index (χ2v) is 10.4. The maximum atomic E-state index is 12.3. The monoisotopic (exact) mass is 543 g/mol. The zero-order chi connectivity index (χ0) is 26.7. The number of rotatable bonds is 8. The summed E-state index contributed by atoms with van der Waals surface area (Å²) in [5.74, 6) is 1.27. The number of sulfonamides is 1. The van der Waals surface area contributed by atoms with E-state index >= 15 is 0 Å². The van der Waals surface area contributed by atoms with E-state index in [1.165, 1.54) is 6.07 Å². The SMILES string of the molecule is NS(=O)(=O)c1ccccc1-c1ccc(Cn2c(-c3ccccc3)nc(Oc3ccccc3)c2C=O)c(Cl)c1. The van der Waals surface area contributed by atoms with E-state index in [-0.39, 0.29) is 23.0 Å². The van der Waals surface area contributed by atoms with Crippen LogP contribution in [-0.2, 0) is 16.6 Å². The van der Waals surface area contributed by atoms with Crippen LogP contribution in [0.15, 0.2) is 108 Å². The summed E-state index contributed by atoms with van der Waals surface area (Å²) in [6, 6.07) is 30.3. The number of carbonyl (C=O) groups excluding carboxylic acids is 1. The Morgan fingerprint density at radius 2 is 1.53 bits per heavy atom. The van der Waals surface area contributed by atoms with Crippen molar-refractivity contribution in [1.82, 2.24) is 9.55 Å². The summed E-state index contributed by atoms with van der Waals surface area (Å²) < 4.78 is 31.9. The van der Waals surface area contributed by atoms with Crippen molar-refractivity contribution in [2.24, 2.45) is 5.14 Å². The van der Waals surface area contributed by atoms with Gasteiger partial charge in [-0.25, -0.2) is 13.6 Å². The molecule has 5 rings (SSSR count). The van der Waals surface area contributed by atoms with Crippen molar-refractivity contribution in [2.75, 3.05) is 0 Å². The van der Waals surface area contributed by atoms with E-state index in [1.54, 1.807) is 53.1 Å². The first-order valence-electron chi connectivity index (χ1n) is 11.6. The number of para-hydroxylation sites is 1. The number of aldehydes is 1. The molecule has 190 valence electrons. The number of ether oxygens (including phenoxy) is 1. The highest BCUT2D eigenvalue weighted by Crippen LogP contribution is 2.34. The molecule has 38 heavy (non-hydrogen) atoms. The Morgan fingerprint density at radius 3 is 2.18 bits per heavy atom. The molecule has 0 aliphatic heterocycles. The molecule has 5 aromatic rings. The van der Waals surface area contributed by atoms with Gasteiger partial charge < -0.3 is 9.30 Å². The maximum Gasteiger partial charge on any atom is 0.248 e. The largest absolute Gasteiger partial charge is 0.437 e. The lowest BCUT2D eigenvalue weighted by atomic mass is 10.0. The van der Waals surface area contributed by atoms with E-state index in [9.17, 15) is 13.2 Å². The van der Waals surface area contributed by atoms with E-state index < -0.39 is 10.0 Å². The lowest BCUT2D eigenvalue weighted by Crippen LogP contribution is -2.13. The fraction of sp³-hybridized carbons (Fsp3) is 0.0345. The number of aromatic nitrogens is 2. The van der Waals surface area contributed by atoms with Crippen molar-refractivity contribution >= 4 is 27.9 Å². The number of primary sulfonamides is 1. The molecule has 0 spiro atoms. The third-order valence-corrected chi connectivity index (χ3v) is 7.28. The number of nitrogens with zero attached hydrogens (tertiary/aromatic N) is 2. The zero-order valence-electron chi connectivity index (χ0n) is 20.0. The molecule has 0 fully saturated rings. The first-order chi connectivity index (χ1) is 18.3. The van der Waals surface area contributed by atoms with Gasteiger partial charge >= 0.3 is 0 Å². The van der Waals surface area contributed by atoms with Crippen LogP contribution in [0.25, 0.3) is 22.5 Å². The van der Waals surface area contributed by atoms with E-state index in [4.69, 9.17) is 21.5 Å². The molecule has 9 heteroatoms. The predicted molar refractivity (Wildman–Crippen MR) is 147 cm³/mol. The van der Waals surface area contributed by atoms with Gasteiger partial charge in [-0.05, 0) is 35.4 Å². The lowest BCUT2D eigenvalue weighted by Gasteiger charge is -2.13. The second-order valence-electron chi connectivity index (χ2n) is 8.46. The molecule has 0 bridgehead atoms. The third kappa shape index (κ3) is 5.24. The number of benzene rings is 4. The Morgan fingerprint density at radius 1 is 0.868 bits per heavy atom. The van der Waals surface area contributed by atoms with Gasteiger partial charge in [0.2, 0.25) is 15.9 Å². The number of hydrogen-bond acceptors (Lipinski definition) is 5. The zero-order valence-corrected chi connectivity index (χ0v) is 21.6. The van der Waals surface area contributed by atoms with Gasteiger partial charge in [0.05, 0.1) is 11.4 Å². The molecule has 0 unspecified atom stereocenters. The highest BCUT2D eigenvalue weighted by molar-refractivity contribution is 7.89. The number of nitrogens with two attached hydrogens (primary N) is 1. The number of imidazole rings is 1. The third-order valence-electron chi connectivity index (χ3n) is 5.96. The van der Waals surface area contributed by atoms with Crippen LogP contribution < -0.4 is 9.88 Å². The minimum absolute atomic E-state index is 0.00994. The van der Waals surface area contributed by atoms with Gasteiger partial charge in [0.15, 0.2) is 6.29 Å². The molecular formula is C29H22ClN3O4S. The van der Waals surface area contributed by atoms with Crippen LogP contribution in [0.3, 0.4) is 0 Å². The average Bonchev–Trinajstić information content (AvgIpc) is 3.27. The summed E-state index contributed by atoms with van der Waals surface area (Å²) in [5, 5.41) is 5.80. The lowest BCUT2D eigenvalue weighted by molar-refractivity contribution is 0.111. The van der Waals surface area contributed by atoms with E-state index in [0.29, 0.717) is 39.6 Å². The molecule has 0 radical (unpaired) electrons. The summed E-state index contributed by atoms with van der Waals surface area (Å²) in [5.41, 5.74) is 2.80. The van der Waals surface area contributed by atoms with Crippen molar-refractivity contribution in [1.29, 1.82) is 0 Å². The van der Waals surface area contributed by atoms with Gasteiger partial charge in [0.25, 0.3) is 0 Å². The maximum absolute atomic E-state index is 12.3. The Bertz CT molecular complexity index is 1720. The number of carbonyl (C=O) groups is 1. The van der Waals surface area contributed by atoms with Gasteiger partial charge in [-0.2, -0.15) is 4.98 Å². The molecule has 1 heterocycles. The molecule has 1 aromatic heterocycles. The van der Waals surface area contributed by atoms with Crippen LogP contribution in [0.5, 0.6) is 11.6 Å². The van der Waals surface area contributed by atoms with Gasteiger partial charge in [0.1, 0.15) is 17.3 Å². The van der Waals surface area contributed by atoms with Crippen LogP contribution in [0.2, 0.25) is 5.02 Å². The number of hydrogen-bond donors (Lipinski definition) is 1. The van der Waals surface area contributed by atoms with Crippen molar-refractivity contribution in [3.8, 4) is 34.1 Å². The van der Waals surface area contributed by atoms with Gasteiger partial charge in [-0.15, -0.1) is 0 Å². The van der Waals surface area contributed by atoms with Crippen LogP contribution in [0.1, 0.15) is 16.1 Å². The molecule has 0 amide bonds. The summed E-state index contributed by atoms with van der Waals surface area (Å²) in [4.78, 5) is 17.0. The fourth-order valence-electron chi connectivity index (χ4n) is 4.17. The summed E-state index contributed by atoms with van der Waals surface area (Å²) in [7, 11) is -3.93. The molecule has 4 aromatic carbocycles. The molecule has 0 atom stereocenters. The second kappa shape index (κ2) is 10.6. The normalized spacial score (nSPS) is 11.3. The smallest absolute Gasteiger partial charge is 0.248 e. The molecule has 0 saturated heterocycles. The first-order valence-corrected chi connectivity index (χ1v) is 13.5. The van der Waals surface area contributed by atoms with E-state index in [2.05, 4.69) is 4.98 Å². The van der Waals surface area contributed by atoms with Crippen molar-refractivity contribution in [3.05, 3.63) is 119 Å². The molecule has 0 aliphatic carbocycles. The number of halogens is 1. The summed E-state index contributed by atoms with van der Waals surface area (Å²) in [6.45, 7) is 0.222. The highest BCUT2D eigenvalue weighted by atomic mass is 35.5. The van der Waals surface area contributed by atoms with Crippen LogP contribution >= 0.6 is 11.6 Å². The van der Waals surface area contributed by atoms with Crippen LogP contribution in [0, 0.1) is 0 Å². The Balaban J connectivity index is 1.57. The van der Waals surface area contributed by atoms with Gasteiger partial charge in [-0.3, -0.25) is 4.79 Å². The molecule has 0 aliphatic rings. The van der Waals surface area contributed by atoms with Gasteiger partial charge in [0, 0.05) is 16.1 Å². The quantitative estimate of drug-likeness (QED) is 0.236. The topological polar surface area (TPSA) is 104 Å². The van der Waals surface area contributed by atoms with Crippen LogP contribution in [0.4, 0.5) is 0 Å². The van der Waals surface area contributed by atoms with Crippen molar-refractivity contribution in [3.63, 3.8) is 0 Å². The van der Waals surface area contributed by atoms with Crippen LogP contribution in [-0.4, -0.2) is 24.3 Å². The van der Waals surface area contributed by atoms with Crippen molar-refractivity contribution in [2.45, 2.75) is 11.4 Å². The molecule has 0 saturated carbocycles. The van der Waals surface area contributed by atoms with E-state index in [0.717, 1.165) is 5.56 Å². The standard InChI is InChI=1S/C29H22ClN3O4S/c30-25-17-21(24-13-7-8-14-27(24)38(31,35)36)15-16-22(25)18-33-26(19-34)29(37-23-11-5-2-6-12-23)32-28(33)20-9-3-1-4-10-20/h1-17,19H,18H2,(H2,31,35,36). The summed E-state index contributed by atoms with van der Waals surface area (Å²) >= 11 is 6.69. The Labute approximate surface area is 225 Å².